The molecule has 4 heteroatoms. The van der Waals surface area contributed by atoms with Crippen molar-refractivity contribution in [1.29, 1.82) is 0 Å². The van der Waals surface area contributed by atoms with E-state index >= 15 is 0 Å². The molecule has 20 heavy (non-hydrogen) atoms. The number of hydrogen-bond donors (Lipinski definition) is 2. The third-order valence-corrected chi connectivity index (χ3v) is 3.92. The highest BCUT2D eigenvalue weighted by Crippen LogP contribution is 2.31. The van der Waals surface area contributed by atoms with Gasteiger partial charge in [0.2, 0.25) is 0 Å². The molecular formula is C16H21N3O. The minimum Gasteiger partial charge on any atom is -0.352 e. The molecule has 3 rings (SSSR count). The maximum absolute atomic E-state index is 12.3. The Balaban J connectivity index is 1.96. The monoisotopic (exact) mass is 271 g/mol. The van der Waals surface area contributed by atoms with Crippen LogP contribution in [0, 0.1) is 5.92 Å². The average Bonchev–Trinajstić information content (AvgIpc) is 3.08. The van der Waals surface area contributed by atoms with Gasteiger partial charge in [-0.05, 0) is 35.8 Å². The van der Waals surface area contributed by atoms with Crippen LogP contribution in [0.2, 0.25) is 0 Å². The van der Waals surface area contributed by atoms with Gasteiger partial charge in [-0.3, -0.25) is 9.89 Å². The minimum atomic E-state index is 0.00348. The molecule has 1 aliphatic carbocycles. The van der Waals surface area contributed by atoms with Gasteiger partial charge in [0, 0.05) is 11.9 Å². The maximum Gasteiger partial charge on any atom is 0.252 e. The van der Waals surface area contributed by atoms with Crippen molar-refractivity contribution >= 4 is 16.8 Å². The van der Waals surface area contributed by atoms with Crippen molar-refractivity contribution in [2.24, 2.45) is 5.92 Å². The Morgan fingerprint density at radius 3 is 2.80 bits per heavy atom. The fraction of sp³-hybridized carbons (Fsp3) is 0.500. The van der Waals surface area contributed by atoms with Crippen molar-refractivity contribution in [3.63, 3.8) is 0 Å². The van der Waals surface area contributed by atoms with E-state index < -0.39 is 0 Å². The van der Waals surface area contributed by atoms with Crippen LogP contribution in [0.15, 0.2) is 18.3 Å². The predicted molar refractivity (Wildman–Crippen MR) is 79.9 cm³/mol. The molecule has 1 saturated carbocycles. The second-order valence-corrected chi connectivity index (χ2v) is 6.72. The number of aromatic amines is 1. The highest BCUT2D eigenvalue weighted by Gasteiger charge is 2.24. The van der Waals surface area contributed by atoms with Crippen LogP contribution in [-0.2, 0) is 5.41 Å². The molecule has 0 aliphatic heterocycles. The Bertz CT molecular complexity index is 647. The standard InChI is InChI=1S/C16H21N3O/c1-16(2,3)13-7-6-11(12-9-18-19-14(12)13)15(20)17-8-10-4-5-10/h6-7,9-10H,4-5,8H2,1-3H3,(H,17,20)(H,18,19). The Kier molecular flexibility index (Phi) is 3.04. The summed E-state index contributed by atoms with van der Waals surface area (Å²) in [7, 11) is 0. The van der Waals surface area contributed by atoms with Crippen LogP contribution in [-0.4, -0.2) is 22.6 Å². The van der Waals surface area contributed by atoms with Gasteiger partial charge in [-0.2, -0.15) is 5.10 Å². The van der Waals surface area contributed by atoms with Crippen molar-refractivity contribution in [1.82, 2.24) is 15.5 Å². The molecule has 0 unspecified atom stereocenters. The number of amides is 1. The van der Waals surface area contributed by atoms with Crippen molar-refractivity contribution in [3.05, 3.63) is 29.5 Å². The number of carbonyl (C=O) groups is 1. The van der Waals surface area contributed by atoms with Crippen LogP contribution in [0.4, 0.5) is 0 Å². The number of carbonyl (C=O) groups excluding carboxylic acids is 1. The largest absolute Gasteiger partial charge is 0.352 e. The highest BCUT2D eigenvalue weighted by atomic mass is 16.1. The lowest BCUT2D eigenvalue weighted by Crippen LogP contribution is -2.26. The molecular weight excluding hydrogens is 250 g/mol. The molecule has 0 bridgehead atoms. The SMILES string of the molecule is CC(C)(C)c1ccc(C(=O)NCC2CC2)c2cn[nH]c12. The van der Waals surface area contributed by atoms with Gasteiger partial charge in [-0.25, -0.2) is 0 Å². The van der Waals surface area contributed by atoms with Gasteiger partial charge < -0.3 is 5.32 Å². The lowest BCUT2D eigenvalue weighted by molar-refractivity contribution is 0.0953. The fourth-order valence-corrected chi connectivity index (χ4v) is 2.51. The first-order chi connectivity index (χ1) is 9.47. The van der Waals surface area contributed by atoms with E-state index in [1.807, 2.05) is 12.1 Å². The van der Waals surface area contributed by atoms with Gasteiger partial charge in [-0.1, -0.05) is 26.8 Å². The smallest absolute Gasteiger partial charge is 0.252 e. The highest BCUT2D eigenvalue weighted by molar-refractivity contribution is 6.06. The second kappa shape index (κ2) is 4.62. The van der Waals surface area contributed by atoms with E-state index in [2.05, 4.69) is 36.3 Å². The summed E-state index contributed by atoms with van der Waals surface area (Å²) in [5.74, 6) is 0.691. The molecule has 106 valence electrons. The summed E-state index contributed by atoms with van der Waals surface area (Å²) < 4.78 is 0. The zero-order valence-electron chi connectivity index (χ0n) is 12.3. The van der Waals surface area contributed by atoms with Crippen LogP contribution >= 0.6 is 0 Å². The van der Waals surface area contributed by atoms with E-state index in [1.54, 1.807) is 6.20 Å². The summed E-state index contributed by atoms with van der Waals surface area (Å²) in [4.78, 5) is 12.3. The predicted octanol–water partition coefficient (Wildman–Crippen LogP) is 3.00. The van der Waals surface area contributed by atoms with Gasteiger partial charge in [0.25, 0.3) is 5.91 Å². The minimum absolute atomic E-state index is 0.00348. The van der Waals surface area contributed by atoms with Crippen LogP contribution in [0.25, 0.3) is 10.9 Å². The Labute approximate surface area is 119 Å². The first kappa shape index (κ1) is 13.2. The maximum atomic E-state index is 12.3. The average molecular weight is 271 g/mol. The molecule has 0 spiro atoms. The first-order valence-corrected chi connectivity index (χ1v) is 7.21. The van der Waals surface area contributed by atoms with Crippen LogP contribution < -0.4 is 5.32 Å². The number of fused-ring (bicyclic) bond motifs is 1. The number of benzene rings is 1. The van der Waals surface area contributed by atoms with Crippen LogP contribution in [0.5, 0.6) is 0 Å². The summed E-state index contributed by atoms with van der Waals surface area (Å²) in [6.45, 7) is 7.28. The van der Waals surface area contributed by atoms with Crippen molar-refractivity contribution in [2.45, 2.75) is 39.0 Å². The number of rotatable bonds is 3. The molecule has 1 amide bonds. The van der Waals surface area contributed by atoms with Crippen molar-refractivity contribution in [2.75, 3.05) is 6.54 Å². The molecule has 2 aromatic rings. The van der Waals surface area contributed by atoms with Crippen molar-refractivity contribution < 1.29 is 4.79 Å². The summed E-state index contributed by atoms with van der Waals surface area (Å²) in [6, 6.07) is 3.95. The lowest BCUT2D eigenvalue weighted by Gasteiger charge is -2.20. The number of nitrogens with one attached hydrogen (secondary N) is 2. The van der Waals surface area contributed by atoms with Gasteiger partial charge in [0.05, 0.1) is 17.3 Å². The van der Waals surface area contributed by atoms with E-state index in [9.17, 15) is 4.79 Å². The Morgan fingerprint density at radius 1 is 1.40 bits per heavy atom. The van der Waals surface area contributed by atoms with Gasteiger partial charge in [-0.15, -0.1) is 0 Å². The van der Waals surface area contributed by atoms with E-state index in [0.29, 0.717) is 11.5 Å². The van der Waals surface area contributed by atoms with Crippen molar-refractivity contribution in [3.8, 4) is 0 Å². The Morgan fingerprint density at radius 2 is 2.15 bits per heavy atom. The second-order valence-electron chi connectivity index (χ2n) is 6.72. The molecule has 2 N–H and O–H groups in total. The zero-order valence-corrected chi connectivity index (χ0v) is 12.3. The van der Waals surface area contributed by atoms with Crippen LogP contribution in [0.1, 0.15) is 49.5 Å². The molecule has 4 nitrogen and oxygen atoms in total. The van der Waals surface area contributed by atoms with E-state index in [0.717, 1.165) is 17.4 Å². The summed E-state index contributed by atoms with van der Waals surface area (Å²) in [6.07, 6.45) is 4.23. The molecule has 0 saturated heterocycles. The molecule has 1 aliphatic rings. The first-order valence-electron chi connectivity index (χ1n) is 7.21. The fourth-order valence-electron chi connectivity index (χ4n) is 2.51. The number of hydrogen-bond acceptors (Lipinski definition) is 2. The summed E-state index contributed by atoms with van der Waals surface area (Å²) in [5, 5.41) is 11.1. The summed E-state index contributed by atoms with van der Waals surface area (Å²) >= 11 is 0. The van der Waals surface area contributed by atoms with Gasteiger partial charge in [0.15, 0.2) is 0 Å². The molecule has 0 radical (unpaired) electrons. The van der Waals surface area contributed by atoms with Crippen LogP contribution in [0.3, 0.4) is 0 Å². The summed E-state index contributed by atoms with van der Waals surface area (Å²) in [5.41, 5.74) is 2.89. The Hall–Kier alpha value is -1.84. The normalized spacial score (nSPS) is 15.6. The van der Waals surface area contributed by atoms with Gasteiger partial charge >= 0.3 is 0 Å². The number of H-pyrrole nitrogens is 1. The molecule has 1 aromatic heterocycles. The topological polar surface area (TPSA) is 57.8 Å². The van der Waals surface area contributed by atoms with E-state index in [4.69, 9.17) is 0 Å². The lowest BCUT2D eigenvalue weighted by atomic mass is 9.85. The molecule has 1 fully saturated rings. The number of nitrogens with zero attached hydrogens (tertiary/aromatic N) is 1. The third-order valence-electron chi connectivity index (χ3n) is 3.92. The van der Waals surface area contributed by atoms with Gasteiger partial charge in [0.1, 0.15) is 0 Å². The number of aromatic nitrogens is 2. The van der Waals surface area contributed by atoms with E-state index in [-0.39, 0.29) is 11.3 Å². The molecule has 1 heterocycles. The third kappa shape index (κ3) is 2.42. The zero-order chi connectivity index (χ0) is 14.3. The molecule has 0 atom stereocenters. The van der Waals surface area contributed by atoms with E-state index in [1.165, 1.54) is 18.4 Å². The molecule has 1 aromatic carbocycles. The quantitative estimate of drug-likeness (QED) is 0.901.